The van der Waals surface area contributed by atoms with E-state index in [1.807, 2.05) is 24.4 Å². The van der Waals surface area contributed by atoms with Crippen LogP contribution in [0.1, 0.15) is 58.2 Å². The maximum Gasteiger partial charge on any atom is 0.136 e. The number of aryl methyl sites for hydroxylation is 2. The number of anilines is 2. The Kier molecular flexibility index (Phi) is 9.83. The van der Waals surface area contributed by atoms with Gasteiger partial charge >= 0.3 is 0 Å². The van der Waals surface area contributed by atoms with Crippen LogP contribution in [0.15, 0.2) is 127 Å². The fourth-order valence-corrected chi connectivity index (χ4v) is 7.33. The number of ether oxygens (including phenoxy) is 1. The quantitative estimate of drug-likeness (QED) is 0.156. The monoisotopic (exact) mass is 888 g/mol. The number of pyridine rings is 1. The van der Waals surface area contributed by atoms with Crippen molar-refractivity contribution < 1.29 is 25.8 Å². The summed E-state index contributed by atoms with van der Waals surface area (Å²) in [6.07, 6.45) is 4.10. The molecular formula is C48H45N4OPt-3. The third kappa shape index (κ3) is 6.98. The Morgan fingerprint density at radius 3 is 2.17 bits per heavy atom. The molecule has 5 aromatic carbocycles. The molecule has 8 rings (SSSR count). The maximum absolute atomic E-state index is 6.54. The number of nitrogens with zero attached hydrogens (tertiary/aromatic N) is 4. The average molecular weight is 889 g/mol. The van der Waals surface area contributed by atoms with Crippen molar-refractivity contribution >= 4 is 33.2 Å². The van der Waals surface area contributed by atoms with E-state index in [9.17, 15) is 0 Å². The zero-order valence-corrected chi connectivity index (χ0v) is 34.4. The molecule has 1 aliphatic rings. The van der Waals surface area contributed by atoms with Crippen LogP contribution in [0.2, 0.25) is 0 Å². The molecule has 6 heteroatoms. The van der Waals surface area contributed by atoms with Gasteiger partial charge in [-0.1, -0.05) is 95.6 Å². The molecule has 2 aromatic heterocycles. The molecule has 0 radical (unpaired) electrons. The van der Waals surface area contributed by atoms with Gasteiger partial charge in [-0.3, -0.25) is 0 Å². The Hall–Kier alpha value is -5.12. The summed E-state index contributed by atoms with van der Waals surface area (Å²) in [6.45, 7) is 20.0. The van der Waals surface area contributed by atoms with E-state index < -0.39 is 0 Å². The maximum atomic E-state index is 6.54. The number of benzene rings is 5. The zero-order valence-electron chi connectivity index (χ0n) is 32.1. The van der Waals surface area contributed by atoms with Crippen LogP contribution in [0, 0.1) is 38.1 Å². The van der Waals surface area contributed by atoms with Crippen molar-refractivity contribution in [3.63, 3.8) is 0 Å². The largest absolute Gasteiger partial charge is 0.509 e. The first kappa shape index (κ1) is 37.2. The van der Waals surface area contributed by atoms with Gasteiger partial charge in [0.1, 0.15) is 5.82 Å². The third-order valence-corrected chi connectivity index (χ3v) is 10.1. The predicted octanol–water partition coefficient (Wildman–Crippen LogP) is 12.5. The molecule has 0 N–H and O–H groups in total. The van der Waals surface area contributed by atoms with Crippen molar-refractivity contribution in [3.8, 4) is 28.4 Å². The van der Waals surface area contributed by atoms with Gasteiger partial charge in [0.25, 0.3) is 0 Å². The second-order valence-electron chi connectivity index (χ2n) is 16.1. The van der Waals surface area contributed by atoms with E-state index in [0.29, 0.717) is 11.5 Å². The minimum absolute atomic E-state index is 0. The molecule has 0 unspecified atom stereocenters. The number of fused-ring (bicyclic) bond motifs is 3. The van der Waals surface area contributed by atoms with Crippen molar-refractivity contribution in [1.29, 1.82) is 0 Å². The fraction of sp³-hybridized carbons (Fsp3) is 0.208. The molecule has 0 amide bonds. The van der Waals surface area contributed by atoms with E-state index in [4.69, 9.17) is 9.72 Å². The van der Waals surface area contributed by atoms with E-state index in [-0.39, 0.29) is 31.9 Å². The molecule has 0 spiro atoms. The first-order valence-corrected chi connectivity index (χ1v) is 18.3. The third-order valence-electron chi connectivity index (χ3n) is 10.1. The number of hydrogen-bond acceptors (Lipinski definition) is 4. The van der Waals surface area contributed by atoms with Crippen molar-refractivity contribution in [2.75, 3.05) is 9.80 Å². The van der Waals surface area contributed by atoms with Crippen LogP contribution in [-0.2, 0) is 26.5 Å². The average Bonchev–Trinajstić information content (AvgIpc) is 3.72. The zero-order chi connectivity index (χ0) is 37.1. The number of allylic oxidation sites excluding steroid dienone is 1. The summed E-state index contributed by atoms with van der Waals surface area (Å²) in [5.74, 6) is 2.06. The summed E-state index contributed by atoms with van der Waals surface area (Å²) >= 11 is 0. The summed E-state index contributed by atoms with van der Waals surface area (Å²) in [4.78, 5) is 9.31. The molecule has 1 aliphatic heterocycles. The number of para-hydroxylation sites is 1. The molecule has 0 atom stereocenters. The van der Waals surface area contributed by atoms with Crippen LogP contribution in [0.3, 0.4) is 0 Å². The molecule has 0 fully saturated rings. The molecule has 7 aromatic rings. The minimum Gasteiger partial charge on any atom is -0.509 e. The Bertz CT molecular complexity index is 2510. The predicted molar refractivity (Wildman–Crippen MR) is 220 cm³/mol. The van der Waals surface area contributed by atoms with Crippen LogP contribution in [0.5, 0.6) is 11.5 Å². The number of aromatic nitrogens is 2. The van der Waals surface area contributed by atoms with E-state index >= 15 is 0 Å². The number of hydrogen-bond donors (Lipinski definition) is 0. The van der Waals surface area contributed by atoms with E-state index in [1.165, 1.54) is 28.0 Å². The first-order chi connectivity index (χ1) is 25.3. The van der Waals surface area contributed by atoms with E-state index in [2.05, 4.69) is 186 Å². The second kappa shape index (κ2) is 14.3. The van der Waals surface area contributed by atoms with Gasteiger partial charge in [-0.2, -0.15) is 12.1 Å². The van der Waals surface area contributed by atoms with Gasteiger partial charge in [0, 0.05) is 61.1 Å². The van der Waals surface area contributed by atoms with Gasteiger partial charge in [0.15, 0.2) is 0 Å². The standard InChI is InChI=1S/C48H45N4O.Pt/c1-32-14-11-15-33(2)46(32)34-24-25-49-45(26-34)52-42-21-10-9-20-40(42)41-23-22-39(29-43(41)52)53-38-19-13-17-36(28-38)50-30-44(48(6,7)8)51(31-50)37-18-12-16-35(27-37)47(3,4)5;/h9-27,30-31H,1-8H3;/q-3;. The van der Waals surface area contributed by atoms with Crippen molar-refractivity contribution in [2.24, 2.45) is 5.41 Å². The number of rotatable bonds is 6. The SMILES string of the molecule is Cc1cccc(C)c1-c1ccnc(-n2c3[c-]c(Oc4[c-]c(N5C=C(C(C)(C)C)N(c6cccc(C(C)(C)C)c6)[CH-]5)ccc4)ccc3c3ccccc32)c1.[Pt]. The molecule has 0 aliphatic carbocycles. The molecule has 54 heavy (non-hydrogen) atoms. The van der Waals surface area contributed by atoms with Crippen LogP contribution in [0.25, 0.3) is 38.8 Å². The summed E-state index contributed by atoms with van der Waals surface area (Å²) in [5.41, 5.74) is 11.3. The molecular weight excluding hydrogens is 844 g/mol. The minimum atomic E-state index is -0.0902. The van der Waals surface area contributed by atoms with Crippen LogP contribution >= 0.6 is 0 Å². The fourth-order valence-electron chi connectivity index (χ4n) is 7.33. The van der Waals surface area contributed by atoms with Crippen molar-refractivity contribution in [2.45, 2.75) is 60.8 Å². The molecule has 0 saturated carbocycles. The molecule has 0 saturated heterocycles. The van der Waals surface area contributed by atoms with Gasteiger partial charge < -0.3 is 19.1 Å². The van der Waals surface area contributed by atoms with Gasteiger partial charge in [-0.15, -0.1) is 48.1 Å². The van der Waals surface area contributed by atoms with E-state index in [0.717, 1.165) is 44.6 Å². The Morgan fingerprint density at radius 1 is 0.685 bits per heavy atom. The van der Waals surface area contributed by atoms with Gasteiger partial charge in [0.05, 0.1) is 0 Å². The molecule has 5 nitrogen and oxygen atoms in total. The van der Waals surface area contributed by atoms with Crippen molar-refractivity contribution in [1.82, 2.24) is 9.55 Å². The van der Waals surface area contributed by atoms with Crippen LogP contribution in [-0.4, -0.2) is 9.55 Å². The molecule has 276 valence electrons. The van der Waals surface area contributed by atoms with Gasteiger partial charge in [0.2, 0.25) is 0 Å². The normalized spacial score (nSPS) is 13.4. The van der Waals surface area contributed by atoms with E-state index in [1.54, 1.807) is 0 Å². The molecule has 0 bridgehead atoms. The van der Waals surface area contributed by atoms with Gasteiger partial charge in [-0.25, -0.2) is 4.98 Å². The van der Waals surface area contributed by atoms with Crippen LogP contribution < -0.4 is 14.5 Å². The summed E-state index contributed by atoms with van der Waals surface area (Å²) in [7, 11) is 0. The second-order valence-corrected chi connectivity index (χ2v) is 16.1. The Balaban J connectivity index is 0.00000450. The smallest absolute Gasteiger partial charge is 0.136 e. The topological polar surface area (TPSA) is 33.5 Å². The summed E-state index contributed by atoms with van der Waals surface area (Å²) < 4.78 is 8.73. The molecule has 3 heterocycles. The summed E-state index contributed by atoms with van der Waals surface area (Å²) in [5, 5.41) is 2.23. The van der Waals surface area contributed by atoms with Crippen molar-refractivity contribution in [3.05, 3.63) is 163 Å². The Morgan fingerprint density at radius 2 is 1.41 bits per heavy atom. The first-order valence-electron chi connectivity index (χ1n) is 18.3. The summed E-state index contributed by atoms with van der Waals surface area (Å²) in [6, 6.07) is 45.3. The van der Waals surface area contributed by atoms with Gasteiger partial charge in [-0.05, 0) is 89.0 Å². The van der Waals surface area contributed by atoms with Crippen LogP contribution in [0.4, 0.5) is 11.4 Å². The Labute approximate surface area is 334 Å².